The molecule has 2 heteroatoms. The molecule has 0 saturated heterocycles. The van der Waals surface area contributed by atoms with Crippen molar-refractivity contribution in [2.24, 2.45) is 0 Å². The van der Waals surface area contributed by atoms with Crippen molar-refractivity contribution in [2.75, 3.05) is 12.3 Å². The van der Waals surface area contributed by atoms with Gasteiger partial charge in [0.25, 0.3) is 0 Å². The first kappa shape index (κ1) is 6.93. The van der Waals surface area contributed by atoms with Gasteiger partial charge in [-0.1, -0.05) is 0 Å². The van der Waals surface area contributed by atoms with Crippen LogP contribution in [0.2, 0.25) is 0 Å². The van der Waals surface area contributed by atoms with Gasteiger partial charge in [-0.05, 0) is 31.2 Å². The molecule has 53 valence electrons. The van der Waals surface area contributed by atoms with Crippen molar-refractivity contribution in [1.82, 2.24) is 0 Å². The van der Waals surface area contributed by atoms with Crippen LogP contribution in [0.3, 0.4) is 0 Å². The Balaban J connectivity index is 2.69. The number of nitrogens with two attached hydrogens (primary N) is 1. The van der Waals surface area contributed by atoms with Crippen molar-refractivity contribution in [3.63, 3.8) is 0 Å². The third kappa shape index (κ3) is 1.65. The number of benzene rings is 1. The summed E-state index contributed by atoms with van der Waals surface area (Å²) in [5.74, 6) is 0.809. The van der Waals surface area contributed by atoms with Crippen LogP contribution in [-0.2, 0) is 0 Å². The lowest BCUT2D eigenvalue weighted by Crippen LogP contribution is -1.91. The Morgan fingerprint density at radius 1 is 1.30 bits per heavy atom. The Bertz CT molecular complexity index is 193. The van der Waals surface area contributed by atoms with Crippen LogP contribution in [0.25, 0.3) is 0 Å². The highest BCUT2D eigenvalue weighted by molar-refractivity contribution is 5.41. The van der Waals surface area contributed by atoms with Gasteiger partial charge in [-0.2, -0.15) is 0 Å². The van der Waals surface area contributed by atoms with E-state index >= 15 is 0 Å². The molecule has 1 aromatic rings. The van der Waals surface area contributed by atoms with Gasteiger partial charge in [0.1, 0.15) is 5.75 Å². The summed E-state index contributed by atoms with van der Waals surface area (Å²) in [5, 5.41) is 0. The second kappa shape index (κ2) is 3.11. The van der Waals surface area contributed by atoms with Gasteiger partial charge in [0.15, 0.2) is 0 Å². The molecule has 0 saturated carbocycles. The van der Waals surface area contributed by atoms with E-state index in [1.807, 2.05) is 12.1 Å². The summed E-state index contributed by atoms with van der Waals surface area (Å²) < 4.78 is 5.09. The molecule has 0 atom stereocenters. The van der Waals surface area contributed by atoms with Crippen LogP contribution in [0, 0.1) is 6.92 Å². The lowest BCUT2D eigenvalue weighted by molar-refractivity contribution is 0.361. The highest BCUT2D eigenvalue weighted by Gasteiger charge is 1.88. The van der Waals surface area contributed by atoms with Crippen molar-refractivity contribution in [3.05, 3.63) is 31.2 Å². The van der Waals surface area contributed by atoms with E-state index in [2.05, 4.69) is 6.92 Å². The van der Waals surface area contributed by atoms with Gasteiger partial charge < -0.3 is 10.5 Å². The van der Waals surface area contributed by atoms with Gasteiger partial charge in [-0.25, -0.2) is 0 Å². The molecule has 2 N–H and O–H groups in total. The van der Waals surface area contributed by atoms with Crippen molar-refractivity contribution in [2.45, 2.75) is 0 Å². The summed E-state index contributed by atoms with van der Waals surface area (Å²) in [7, 11) is 0. The fraction of sp³-hybridized carbons (Fsp3) is 0.125. The Labute approximate surface area is 60.6 Å². The molecule has 0 aromatic heterocycles. The normalized spacial score (nSPS) is 9.30. The molecule has 0 heterocycles. The van der Waals surface area contributed by atoms with Gasteiger partial charge in [0, 0.05) is 5.69 Å². The van der Waals surface area contributed by atoms with Crippen molar-refractivity contribution in [1.29, 1.82) is 0 Å². The molecule has 0 aliphatic carbocycles. The summed E-state index contributed by atoms with van der Waals surface area (Å²) in [6, 6.07) is 7.23. The topological polar surface area (TPSA) is 35.2 Å². The molecule has 0 unspecified atom stereocenters. The Morgan fingerprint density at radius 2 is 1.90 bits per heavy atom. The van der Waals surface area contributed by atoms with E-state index in [1.165, 1.54) is 0 Å². The summed E-state index contributed by atoms with van der Waals surface area (Å²) in [4.78, 5) is 0. The lowest BCUT2D eigenvalue weighted by Gasteiger charge is -2.01. The molecular formula is C8H10NO. The average Bonchev–Trinajstić information content (AvgIpc) is 1.95. The number of ether oxygens (including phenoxy) is 1. The largest absolute Gasteiger partial charge is 0.494 e. The molecule has 1 aromatic carbocycles. The van der Waals surface area contributed by atoms with Crippen LogP contribution >= 0.6 is 0 Å². The molecule has 0 fully saturated rings. The van der Waals surface area contributed by atoms with Gasteiger partial charge in [-0.3, -0.25) is 0 Å². The minimum atomic E-state index is 0.448. The molecule has 0 bridgehead atoms. The molecule has 2 nitrogen and oxygen atoms in total. The molecule has 10 heavy (non-hydrogen) atoms. The molecular weight excluding hydrogens is 126 g/mol. The van der Waals surface area contributed by atoms with E-state index < -0.39 is 0 Å². The monoisotopic (exact) mass is 136 g/mol. The second-order valence-corrected chi connectivity index (χ2v) is 1.92. The molecule has 1 radical (unpaired) electrons. The van der Waals surface area contributed by atoms with E-state index in [1.54, 1.807) is 12.1 Å². The van der Waals surface area contributed by atoms with Gasteiger partial charge in [0.2, 0.25) is 0 Å². The highest BCUT2D eigenvalue weighted by atomic mass is 16.5. The first-order chi connectivity index (χ1) is 4.83. The van der Waals surface area contributed by atoms with E-state index in [0.717, 1.165) is 11.4 Å². The predicted molar refractivity (Wildman–Crippen MR) is 41.7 cm³/mol. The standard InChI is InChI=1S/C8H10NO/c1-2-10-8-5-3-7(9)4-6-8/h3-6H,1-2,9H2. The predicted octanol–water partition coefficient (Wildman–Crippen LogP) is 1.48. The van der Waals surface area contributed by atoms with E-state index in [9.17, 15) is 0 Å². The highest BCUT2D eigenvalue weighted by Crippen LogP contribution is 2.12. The maximum absolute atomic E-state index is 5.45. The fourth-order valence-electron chi connectivity index (χ4n) is 0.682. The third-order valence-electron chi connectivity index (χ3n) is 1.15. The Morgan fingerprint density at radius 3 is 2.40 bits per heavy atom. The van der Waals surface area contributed by atoms with Crippen LogP contribution in [0.15, 0.2) is 24.3 Å². The second-order valence-electron chi connectivity index (χ2n) is 1.92. The summed E-state index contributed by atoms with van der Waals surface area (Å²) in [6.07, 6.45) is 0. The van der Waals surface area contributed by atoms with Crippen LogP contribution < -0.4 is 10.5 Å². The lowest BCUT2D eigenvalue weighted by atomic mass is 10.3. The minimum Gasteiger partial charge on any atom is -0.494 e. The zero-order valence-corrected chi connectivity index (χ0v) is 5.71. The van der Waals surface area contributed by atoms with E-state index in [0.29, 0.717) is 6.61 Å². The molecule has 0 amide bonds. The molecule has 1 rings (SSSR count). The molecule has 0 aliphatic rings. The van der Waals surface area contributed by atoms with Gasteiger partial charge in [-0.15, -0.1) is 0 Å². The fourth-order valence-corrected chi connectivity index (χ4v) is 0.682. The van der Waals surface area contributed by atoms with Gasteiger partial charge in [0.05, 0.1) is 6.61 Å². The third-order valence-corrected chi connectivity index (χ3v) is 1.15. The summed E-state index contributed by atoms with van der Waals surface area (Å²) in [5.41, 5.74) is 6.20. The Hall–Kier alpha value is -1.18. The van der Waals surface area contributed by atoms with Crippen LogP contribution in [0.4, 0.5) is 5.69 Å². The number of hydrogen-bond donors (Lipinski definition) is 1. The molecule has 0 aliphatic heterocycles. The average molecular weight is 136 g/mol. The SMILES string of the molecule is [CH2]COc1ccc(N)cc1. The van der Waals surface area contributed by atoms with Crippen LogP contribution in [0.1, 0.15) is 0 Å². The smallest absolute Gasteiger partial charge is 0.119 e. The first-order valence-corrected chi connectivity index (χ1v) is 3.10. The Kier molecular flexibility index (Phi) is 2.15. The van der Waals surface area contributed by atoms with Gasteiger partial charge >= 0.3 is 0 Å². The first-order valence-electron chi connectivity index (χ1n) is 3.10. The quantitative estimate of drug-likeness (QED) is 0.625. The van der Waals surface area contributed by atoms with Crippen molar-refractivity contribution in [3.8, 4) is 5.75 Å². The van der Waals surface area contributed by atoms with E-state index in [-0.39, 0.29) is 0 Å². The molecule has 0 spiro atoms. The van der Waals surface area contributed by atoms with Crippen LogP contribution in [-0.4, -0.2) is 6.61 Å². The number of nitrogen functional groups attached to an aromatic ring is 1. The minimum absolute atomic E-state index is 0.448. The van der Waals surface area contributed by atoms with E-state index in [4.69, 9.17) is 10.5 Å². The maximum Gasteiger partial charge on any atom is 0.119 e. The van der Waals surface area contributed by atoms with Crippen molar-refractivity contribution >= 4 is 5.69 Å². The summed E-state index contributed by atoms with van der Waals surface area (Å²) >= 11 is 0. The number of hydrogen-bond acceptors (Lipinski definition) is 2. The number of anilines is 1. The maximum atomic E-state index is 5.45. The van der Waals surface area contributed by atoms with Crippen molar-refractivity contribution < 1.29 is 4.74 Å². The van der Waals surface area contributed by atoms with Crippen LogP contribution in [0.5, 0.6) is 5.75 Å². The number of rotatable bonds is 2. The zero-order valence-electron chi connectivity index (χ0n) is 5.71. The summed E-state index contributed by atoms with van der Waals surface area (Å²) in [6.45, 7) is 4.00. The zero-order chi connectivity index (χ0) is 7.40.